The molecule has 9 nitrogen and oxygen atoms in total. The molecule has 1 amide bonds. The molecule has 2 fully saturated rings. The van der Waals surface area contributed by atoms with E-state index in [1.54, 1.807) is 0 Å². The molecule has 0 spiro atoms. The molecule has 1 aromatic carbocycles. The van der Waals surface area contributed by atoms with E-state index in [9.17, 15) is 4.79 Å². The van der Waals surface area contributed by atoms with Gasteiger partial charge in [-0.3, -0.25) is 9.59 Å². The predicted octanol–water partition coefficient (Wildman–Crippen LogP) is 2.15. The molecule has 2 saturated heterocycles. The lowest BCUT2D eigenvalue weighted by molar-refractivity contribution is -0.138. The zero-order valence-electron chi connectivity index (χ0n) is 17.1. The van der Waals surface area contributed by atoms with Crippen LogP contribution in [0.15, 0.2) is 28.7 Å². The van der Waals surface area contributed by atoms with E-state index in [0.717, 1.165) is 50.1 Å². The van der Waals surface area contributed by atoms with E-state index in [1.807, 2.05) is 29.2 Å². The maximum absolute atomic E-state index is 12.5. The molecule has 3 heterocycles. The zero-order chi connectivity index (χ0) is 21.2. The normalized spacial score (nSPS) is 19.7. The molecule has 0 bridgehead atoms. The molecule has 164 valence electrons. The molecule has 2 aromatic rings. The molecular weight excluding hydrogens is 390 g/mol. The quantitative estimate of drug-likeness (QED) is 0.735. The predicted molar refractivity (Wildman–Crippen MR) is 111 cm³/mol. The Morgan fingerprint density at radius 1 is 1.20 bits per heavy atom. The smallest absolute Gasteiger partial charge is 0.298 e. The number of benzene rings is 1. The molecule has 1 atom stereocenters. The maximum Gasteiger partial charge on any atom is 0.298 e. The molecule has 1 aromatic heterocycles. The van der Waals surface area contributed by atoms with E-state index in [2.05, 4.69) is 9.88 Å². The van der Waals surface area contributed by atoms with Gasteiger partial charge in [-0.05, 0) is 37.8 Å². The molecule has 0 saturated carbocycles. The molecule has 2 aliphatic heterocycles. The Morgan fingerprint density at radius 3 is 2.80 bits per heavy atom. The monoisotopic (exact) mass is 419 g/mol. The summed E-state index contributed by atoms with van der Waals surface area (Å²) in [6.45, 7) is 4.12. The van der Waals surface area contributed by atoms with Crippen LogP contribution >= 0.6 is 0 Å². The standard InChI is InChI=1S/C20H27N3O4.CH2O2/c24-19(15-25-14-16-6-3-4-13-26-16)22-9-5-10-23(12-11-22)20-21-17-7-1-2-8-18(17)27-20;2-1-3/h1-2,7-8,16H,3-6,9-15H2;1H,(H,2,3). The van der Waals surface area contributed by atoms with Crippen LogP contribution in [0.4, 0.5) is 6.01 Å². The minimum absolute atomic E-state index is 0.0465. The minimum Gasteiger partial charge on any atom is -0.483 e. The number of carbonyl (C=O) groups is 2. The number of amides is 1. The van der Waals surface area contributed by atoms with E-state index in [1.165, 1.54) is 6.42 Å². The number of carboxylic acid groups (broad SMARTS) is 1. The first kappa shape index (κ1) is 22.0. The number of oxazole rings is 1. The lowest BCUT2D eigenvalue weighted by Crippen LogP contribution is -2.38. The summed E-state index contributed by atoms with van der Waals surface area (Å²) in [5.41, 5.74) is 1.66. The third kappa shape index (κ3) is 6.17. The fraction of sp³-hybridized carbons (Fsp3) is 0.571. The lowest BCUT2D eigenvalue weighted by atomic mass is 10.1. The highest BCUT2D eigenvalue weighted by Crippen LogP contribution is 2.22. The first-order valence-corrected chi connectivity index (χ1v) is 10.4. The van der Waals surface area contributed by atoms with Gasteiger partial charge in [0.15, 0.2) is 5.58 Å². The van der Waals surface area contributed by atoms with Gasteiger partial charge >= 0.3 is 0 Å². The van der Waals surface area contributed by atoms with E-state index in [4.69, 9.17) is 23.8 Å². The summed E-state index contributed by atoms with van der Waals surface area (Å²) in [5.74, 6) is 0.0465. The van der Waals surface area contributed by atoms with Crippen molar-refractivity contribution in [2.75, 3.05) is 50.9 Å². The van der Waals surface area contributed by atoms with Crippen molar-refractivity contribution in [3.05, 3.63) is 24.3 Å². The van der Waals surface area contributed by atoms with E-state index in [0.29, 0.717) is 25.7 Å². The summed E-state index contributed by atoms with van der Waals surface area (Å²) in [5, 5.41) is 6.89. The number of carbonyl (C=O) groups excluding carboxylic acids is 1. The number of hydrogen-bond acceptors (Lipinski definition) is 7. The second-order valence-corrected chi connectivity index (χ2v) is 7.29. The zero-order valence-corrected chi connectivity index (χ0v) is 17.1. The van der Waals surface area contributed by atoms with Gasteiger partial charge in [0.1, 0.15) is 12.1 Å². The van der Waals surface area contributed by atoms with Gasteiger partial charge in [0.05, 0.1) is 12.7 Å². The van der Waals surface area contributed by atoms with Crippen molar-refractivity contribution in [2.24, 2.45) is 0 Å². The second kappa shape index (κ2) is 11.5. The Balaban J connectivity index is 0.000000806. The molecule has 30 heavy (non-hydrogen) atoms. The number of rotatable bonds is 5. The fourth-order valence-corrected chi connectivity index (χ4v) is 3.66. The van der Waals surface area contributed by atoms with Crippen LogP contribution in [0, 0.1) is 0 Å². The Bertz CT molecular complexity index is 772. The van der Waals surface area contributed by atoms with Crippen molar-refractivity contribution in [1.82, 2.24) is 9.88 Å². The van der Waals surface area contributed by atoms with Gasteiger partial charge < -0.3 is 28.8 Å². The van der Waals surface area contributed by atoms with Crippen molar-refractivity contribution in [3.63, 3.8) is 0 Å². The second-order valence-electron chi connectivity index (χ2n) is 7.29. The summed E-state index contributed by atoms with van der Waals surface area (Å²) in [4.78, 5) is 29.4. The molecule has 0 aliphatic carbocycles. The van der Waals surface area contributed by atoms with Gasteiger partial charge in [-0.2, -0.15) is 4.98 Å². The SMILES string of the molecule is O=C(COCC1CCCCO1)N1CCCN(c2nc3ccccc3o2)CC1.O=CO. The summed E-state index contributed by atoms with van der Waals surface area (Å²) in [7, 11) is 0. The number of nitrogens with zero attached hydrogens (tertiary/aromatic N) is 3. The topological polar surface area (TPSA) is 105 Å². The van der Waals surface area contributed by atoms with Crippen molar-refractivity contribution in [3.8, 4) is 0 Å². The van der Waals surface area contributed by atoms with Crippen LogP contribution in [0.25, 0.3) is 11.1 Å². The van der Waals surface area contributed by atoms with Crippen LogP contribution in [-0.4, -0.2) is 79.5 Å². The van der Waals surface area contributed by atoms with E-state index >= 15 is 0 Å². The maximum atomic E-state index is 12.5. The van der Waals surface area contributed by atoms with Crippen LogP contribution in [0.3, 0.4) is 0 Å². The van der Waals surface area contributed by atoms with Gasteiger partial charge in [-0.25, -0.2) is 0 Å². The molecule has 1 N–H and O–H groups in total. The first-order valence-electron chi connectivity index (χ1n) is 10.4. The number of aromatic nitrogens is 1. The summed E-state index contributed by atoms with van der Waals surface area (Å²) >= 11 is 0. The van der Waals surface area contributed by atoms with Crippen LogP contribution in [0.2, 0.25) is 0 Å². The van der Waals surface area contributed by atoms with Crippen LogP contribution in [0.5, 0.6) is 0 Å². The third-order valence-electron chi connectivity index (χ3n) is 5.20. The molecular formula is C21H29N3O6. The lowest BCUT2D eigenvalue weighted by Gasteiger charge is -2.24. The molecule has 0 radical (unpaired) electrons. The van der Waals surface area contributed by atoms with Crippen molar-refractivity contribution in [1.29, 1.82) is 0 Å². The largest absolute Gasteiger partial charge is 0.483 e. The van der Waals surface area contributed by atoms with Gasteiger partial charge in [0.2, 0.25) is 5.91 Å². The Hall–Kier alpha value is -2.65. The molecule has 4 rings (SSSR count). The van der Waals surface area contributed by atoms with E-state index in [-0.39, 0.29) is 25.1 Å². The number of para-hydroxylation sites is 2. The highest BCUT2D eigenvalue weighted by molar-refractivity contribution is 5.77. The summed E-state index contributed by atoms with van der Waals surface area (Å²) in [6, 6.07) is 8.40. The summed E-state index contributed by atoms with van der Waals surface area (Å²) in [6.07, 6.45) is 4.36. The minimum atomic E-state index is -0.250. The van der Waals surface area contributed by atoms with Gasteiger partial charge in [0, 0.05) is 32.8 Å². The Labute approximate surface area is 175 Å². The van der Waals surface area contributed by atoms with E-state index < -0.39 is 0 Å². The molecule has 9 heteroatoms. The highest BCUT2D eigenvalue weighted by atomic mass is 16.5. The van der Waals surface area contributed by atoms with Crippen molar-refractivity contribution in [2.45, 2.75) is 31.8 Å². The number of ether oxygens (including phenoxy) is 2. The van der Waals surface area contributed by atoms with Crippen LogP contribution < -0.4 is 4.90 Å². The number of anilines is 1. The molecule has 1 unspecified atom stereocenters. The summed E-state index contributed by atoms with van der Waals surface area (Å²) < 4.78 is 17.1. The first-order chi connectivity index (χ1) is 14.7. The van der Waals surface area contributed by atoms with Gasteiger partial charge in [-0.1, -0.05) is 12.1 Å². The Morgan fingerprint density at radius 2 is 2.03 bits per heavy atom. The van der Waals surface area contributed by atoms with Gasteiger partial charge in [-0.15, -0.1) is 0 Å². The number of fused-ring (bicyclic) bond motifs is 1. The van der Waals surface area contributed by atoms with Gasteiger partial charge in [0.25, 0.3) is 12.5 Å². The average Bonchev–Trinajstić information content (AvgIpc) is 3.04. The number of hydrogen-bond donors (Lipinski definition) is 1. The third-order valence-corrected chi connectivity index (χ3v) is 5.20. The highest BCUT2D eigenvalue weighted by Gasteiger charge is 2.22. The van der Waals surface area contributed by atoms with Crippen LogP contribution in [0.1, 0.15) is 25.7 Å². The van der Waals surface area contributed by atoms with Crippen molar-refractivity contribution < 1.29 is 28.6 Å². The fourth-order valence-electron chi connectivity index (χ4n) is 3.66. The molecule has 2 aliphatic rings. The van der Waals surface area contributed by atoms with Crippen LogP contribution in [-0.2, 0) is 19.1 Å². The Kier molecular flexibility index (Phi) is 8.46. The average molecular weight is 419 g/mol. The van der Waals surface area contributed by atoms with Crippen molar-refractivity contribution >= 4 is 29.5 Å².